The maximum absolute atomic E-state index is 12.1. The number of carbonyl (C=O) groups is 1. The van der Waals surface area contributed by atoms with Crippen molar-refractivity contribution in [3.8, 4) is 11.5 Å². The third-order valence-corrected chi connectivity index (χ3v) is 3.23. The van der Waals surface area contributed by atoms with Gasteiger partial charge in [0, 0.05) is 12.0 Å². The first-order valence-electron chi connectivity index (χ1n) is 6.57. The van der Waals surface area contributed by atoms with Crippen LogP contribution >= 0.6 is 0 Å². The Morgan fingerprint density at radius 1 is 1.21 bits per heavy atom. The zero-order valence-electron chi connectivity index (χ0n) is 11.9. The predicted octanol–water partition coefficient (Wildman–Crippen LogP) is 2.65. The first-order chi connectivity index (χ1) is 9.12. The molecule has 0 fully saturated rings. The summed E-state index contributed by atoms with van der Waals surface area (Å²) in [5.41, 5.74) is 6.17. The molecule has 1 unspecified atom stereocenters. The van der Waals surface area contributed by atoms with Crippen LogP contribution in [0.5, 0.6) is 11.5 Å². The van der Waals surface area contributed by atoms with E-state index < -0.39 is 0 Å². The molecule has 0 aliphatic rings. The highest BCUT2D eigenvalue weighted by molar-refractivity contribution is 5.96. The van der Waals surface area contributed by atoms with Gasteiger partial charge in [0.05, 0.1) is 14.2 Å². The Bertz CT molecular complexity index is 418. The fraction of sp³-hybridized carbons (Fsp3) is 0.533. The second-order valence-electron chi connectivity index (χ2n) is 4.71. The number of hydrogen-bond acceptors (Lipinski definition) is 4. The maximum atomic E-state index is 12.1. The van der Waals surface area contributed by atoms with Crippen LogP contribution < -0.4 is 15.2 Å². The second kappa shape index (κ2) is 7.79. The van der Waals surface area contributed by atoms with Gasteiger partial charge in [-0.15, -0.1) is 0 Å². The van der Waals surface area contributed by atoms with Crippen LogP contribution in [0.15, 0.2) is 18.2 Å². The molecular formula is C15H23NO3. The van der Waals surface area contributed by atoms with Crippen molar-refractivity contribution in [1.29, 1.82) is 0 Å². The van der Waals surface area contributed by atoms with Gasteiger partial charge in [0.25, 0.3) is 0 Å². The van der Waals surface area contributed by atoms with Crippen molar-refractivity contribution >= 4 is 5.78 Å². The van der Waals surface area contributed by atoms with Crippen LogP contribution in [0.3, 0.4) is 0 Å². The molecule has 19 heavy (non-hydrogen) atoms. The maximum Gasteiger partial charge on any atom is 0.163 e. The van der Waals surface area contributed by atoms with Gasteiger partial charge in [-0.1, -0.05) is 6.92 Å². The van der Waals surface area contributed by atoms with Gasteiger partial charge >= 0.3 is 0 Å². The van der Waals surface area contributed by atoms with Crippen LogP contribution in [0.2, 0.25) is 0 Å². The molecule has 1 aromatic rings. The first kappa shape index (κ1) is 15.5. The highest BCUT2D eigenvalue weighted by Crippen LogP contribution is 2.28. The Morgan fingerprint density at radius 3 is 2.47 bits per heavy atom. The molecule has 0 saturated heterocycles. The Hall–Kier alpha value is -1.55. The predicted molar refractivity (Wildman–Crippen MR) is 75.9 cm³/mol. The van der Waals surface area contributed by atoms with E-state index in [-0.39, 0.29) is 5.78 Å². The molecule has 1 aromatic carbocycles. The molecule has 4 nitrogen and oxygen atoms in total. The second-order valence-corrected chi connectivity index (χ2v) is 4.71. The zero-order valence-corrected chi connectivity index (χ0v) is 11.9. The molecule has 0 aliphatic carbocycles. The molecule has 106 valence electrons. The third-order valence-electron chi connectivity index (χ3n) is 3.23. The summed E-state index contributed by atoms with van der Waals surface area (Å²) < 4.78 is 10.3. The average Bonchev–Trinajstić information content (AvgIpc) is 2.44. The number of hydrogen-bond donors (Lipinski definition) is 1. The molecule has 1 atom stereocenters. The largest absolute Gasteiger partial charge is 0.493 e. The van der Waals surface area contributed by atoms with Crippen LogP contribution in [0, 0.1) is 5.92 Å². The van der Waals surface area contributed by atoms with Crippen LogP contribution in [-0.2, 0) is 0 Å². The van der Waals surface area contributed by atoms with Crippen molar-refractivity contribution in [2.75, 3.05) is 20.8 Å². The lowest BCUT2D eigenvalue weighted by Crippen LogP contribution is -2.08. The lowest BCUT2D eigenvalue weighted by atomic mass is 9.97. The van der Waals surface area contributed by atoms with Crippen molar-refractivity contribution in [2.24, 2.45) is 11.7 Å². The Kier molecular flexibility index (Phi) is 6.36. The van der Waals surface area contributed by atoms with E-state index >= 15 is 0 Å². The fourth-order valence-corrected chi connectivity index (χ4v) is 1.96. The summed E-state index contributed by atoms with van der Waals surface area (Å²) in [6.07, 6.45) is 2.36. The number of benzene rings is 1. The van der Waals surface area contributed by atoms with E-state index in [9.17, 15) is 4.79 Å². The van der Waals surface area contributed by atoms with Gasteiger partial charge in [-0.25, -0.2) is 0 Å². The zero-order chi connectivity index (χ0) is 14.3. The van der Waals surface area contributed by atoms with E-state index in [0.717, 1.165) is 12.8 Å². The molecule has 0 saturated carbocycles. The molecule has 0 aromatic heterocycles. The molecule has 0 spiro atoms. The summed E-state index contributed by atoms with van der Waals surface area (Å²) in [5, 5.41) is 0. The minimum Gasteiger partial charge on any atom is -0.493 e. The summed E-state index contributed by atoms with van der Waals surface area (Å²) >= 11 is 0. The average molecular weight is 265 g/mol. The van der Waals surface area contributed by atoms with Crippen molar-refractivity contribution in [1.82, 2.24) is 0 Å². The normalized spacial score (nSPS) is 12.0. The number of nitrogens with two attached hydrogens (primary N) is 1. The van der Waals surface area contributed by atoms with E-state index in [1.165, 1.54) is 0 Å². The molecule has 0 aliphatic heterocycles. The minimum absolute atomic E-state index is 0.129. The van der Waals surface area contributed by atoms with Crippen molar-refractivity contribution in [3.63, 3.8) is 0 Å². The van der Waals surface area contributed by atoms with Gasteiger partial charge < -0.3 is 15.2 Å². The molecule has 0 heterocycles. The van der Waals surface area contributed by atoms with E-state index in [1.54, 1.807) is 32.4 Å². The van der Waals surface area contributed by atoms with Crippen LogP contribution in [0.4, 0.5) is 0 Å². The van der Waals surface area contributed by atoms with E-state index in [4.69, 9.17) is 15.2 Å². The Balaban J connectivity index is 2.67. The fourth-order valence-electron chi connectivity index (χ4n) is 1.96. The smallest absolute Gasteiger partial charge is 0.163 e. The molecule has 2 N–H and O–H groups in total. The van der Waals surface area contributed by atoms with Gasteiger partial charge in [-0.3, -0.25) is 4.79 Å². The summed E-state index contributed by atoms with van der Waals surface area (Å²) in [4.78, 5) is 12.1. The number of carbonyl (C=O) groups excluding carboxylic acids is 1. The van der Waals surface area contributed by atoms with Gasteiger partial charge in [0.15, 0.2) is 17.3 Å². The van der Waals surface area contributed by atoms with Crippen LogP contribution in [-0.4, -0.2) is 26.5 Å². The SMILES string of the molecule is COc1ccc(C(=O)CCC(C)CCN)cc1OC. The molecule has 0 amide bonds. The molecule has 1 rings (SSSR count). The number of methoxy groups -OCH3 is 2. The van der Waals surface area contributed by atoms with Gasteiger partial charge in [-0.2, -0.15) is 0 Å². The van der Waals surface area contributed by atoms with Crippen molar-refractivity contribution in [3.05, 3.63) is 23.8 Å². The number of ether oxygens (including phenoxy) is 2. The molecule has 4 heteroatoms. The van der Waals surface area contributed by atoms with Crippen LogP contribution in [0.25, 0.3) is 0 Å². The van der Waals surface area contributed by atoms with Gasteiger partial charge in [-0.05, 0) is 43.5 Å². The number of rotatable bonds is 8. The molecule has 0 radical (unpaired) electrons. The summed E-state index contributed by atoms with van der Waals surface area (Å²) in [7, 11) is 3.14. The Labute approximate surface area is 114 Å². The summed E-state index contributed by atoms with van der Waals surface area (Å²) in [6.45, 7) is 2.79. The highest BCUT2D eigenvalue weighted by Gasteiger charge is 2.12. The van der Waals surface area contributed by atoms with Crippen LogP contribution in [0.1, 0.15) is 36.5 Å². The Morgan fingerprint density at radius 2 is 1.89 bits per heavy atom. The van der Waals surface area contributed by atoms with E-state index in [0.29, 0.717) is 35.9 Å². The standard InChI is InChI=1S/C15H23NO3/c1-11(8-9-16)4-6-13(17)12-5-7-14(18-2)15(10-12)19-3/h5,7,10-11H,4,6,8-9,16H2,1-3H3. The molecule has 0 bridgehead atoms. The van der Waals surface area contributed by atoms with E-state index in [1.807, 2.05) is 0 Å². The van der Waals surface area contributed by atoms with Gasteiger partial charge in [0.1, 0.15) is 0 Å². The monoisotopic (exact) mass is 265 g/mol. The topological polar surface area (TPSA) is 61.5 Å². The summed E-state index contributed by atoms with van der Waals surface area (Å²) in [5.74, 6) is 1.83. The first-order valence-corrected chi connectivity index (χ1v) is 6.57. The van der Waals surface area contributed by atoms with Crippen molar-refractivity contribution < 1.29 is 14.3 Å². The quantitative estimate of drug-likeness (QED) is 0.734. The van der Waals surface area contributed by atoms with Gasteiger partial charge in [0.2, 0.25) is 0 Å². The third kappa shape index (κ3) is 4.56. The number of ketones is 1. The summed E-state index contributed by atoms with van der Waals surface area (Å²) in [6, 6.07) is 5.27. The minimum atomic E-state index is 0.129. The number of Topliss-reactive ketones (excluding diaryl/α,β-unsaturated/α-hetero) is 1. The van der Waals surface area contributed by atoms with Crippen molar-refractivity contribution in [2.45, 2.75) is 26.2 Å². The molecular weight excluding hydrogens is 242 g/mol. The lowest BCUT2D eigenvalue weighted by Gasteiger charge is -2.11. The highest BCUT2D eigenvalue weighted by atomic mass is 16.5. The van der Waals surface area contributed by atoms with E-state index in [2.05, 4.69) is 6.92 Å². The lowest BCUT2D eigenvalue weighted by molar-refractivity contribution is 0.0973.